The zero-order valence-corrected chi connectivity index (χ0v) is 18.3. The van der Waals surface area contributed by atoms with Crippen LogP contribution in [0.5, 0.6) is 0 Å². The number of aromatic nitrogens is 2. The van der Waals surface area contributed by atoms with Crippen molar-refractivity contribution in [3.8, 4) is 11.1 Å². The molecule has 2 aromatic heterocycles. The SMILES string of the molecule is O=C(N[C@@H](c1ccc(-c2cccnc2)cc1)C1CCCCN1)c1nccc(C(F)(F)F)c1Cl. The lowest BCUT2D eigenvalue weighted by molar-refractivity contribution is -0.137. The van der Waals surface area contributed by atoms with E-state index in [4.69, 9.17) is 11.6 Å². The van der Waals surface area contributed by atoms with Gasteiger partial charge in [-0.3, -0.25) is 9.78 Å². The molecular weight excluding hydrogens is 453 g/mol. The molecule has 3 heterocycles. The van der Waals surface area contributed by atoms with E-state index in [1.807, 2.05) is 36.4 Å². The maximum Gasteiger partial charge on any atom is 0.417 e. The highest BCUT2D eigenvalue weighted by molar-refractivity contribution is 6.34. The largest absolute Gasteiger partial charge is 0.417 e. The van der Waals surface area contributed by atoms with E-state index >= 15 is 0 Å². The third-order valence-corrected chi connectivity index (χ3v) is 6.09. The molecule has 1 amide bonds. The van der Waals surface area contributed by atoms with E-state index in [0.717, 1.165) is 54.8 Å². The van der Waals surface area contributed by atoms with Gasteiger partial charge in [-0.25, -0.2) is 4.98 Å². The molecule has 4 rings (SSSR count). The Bertz CT molecular complexity index is 1100. The van der Waals surface area contributed by atoms with E-state index in [-0.39, 0.29) is 6.04 Å². The van der Waals surface area contributed by atoms with Crippen LogP contribution in [0.2, 0.25) is 5.02 Å². The minimum Gasteiger partial charge on any atom is -0.342 e. The average molecular weight is 475 g/mol. The first-order chi connectivity index (χ1) is 15.8. The first kappa shape index (κ1) is 23.2. The van der Waals surface area contributed by atoms with Gasteiger partial charge < -0.3 is 10.6 Å². The number of rotatable bonds is 5. The maximum atomic E-state index is 13.2. The van der Waals surface area contributed by atoms with Crippen molar-refractivity contribution in [2.24, 2.45) is 0 Å². The van der Waals surface area contributed by atoms with E-state index < -0.39 is 34.4 Å². The standard InChI is InChI=1S/C24H22ClF3N4O/c25-20-18(24(26,27)28)10-13-31-22(20)23(33)32-21(19-5-1-2-12-30-19)16-8-6-15(7-9-16)17-4-3-11-29-14-17/h3-4,6-11,13-14,19,21,30H,1-2,5,12H2,(H,32,33)/t19?,21-/m0/s1. The van der Waals surface area contributed by atoms with E-state index in [1.54, 1.807) is 12.4 Å². The Balaban J connectivity index is 1.63. The first-order valence-corrected chi connectivity index (χ1v) is 11.0. The predicted octanol–water partition coefficient (Wildman–Crippen LogP) is 5.43. The normalized spacial score (nSPS) is 17.4. The van der Waals surface area contributed by atoms with E-state index in [0.29, 0.717) is 0 Å². The Labute approximate surface area is 194 Å². The average Bonchev–Trinajstić information content (AvgIpc) is 2.83. The number of hydrogen-bond acceptors (Lipinski definition) is 4. The van der Waals surface area contributed by atoms with Crippen molar-refractivity contribution in [3.05, 3.63) is 82.9 Å². The molecule has 1 aliphatic heterocycles. The summed E-state index contributed by atoms with van der Waals surface area (Å²) in [6.45, 7) is 0.799. The third-order valence-electron chi connectivity index (χ3n) is 5.71. The van der Waals surface area contributed by atoms with Gasteiger partial charge in [0.15, 0.2) is 0 Å². The fraction of sp³-hybridized carbons (Fsp3) is 0.292. The van der Waals surface area contributed by atoms with Gasteiger partial charge in [0, 0.05) is 24.6 Å². The molecule has 9 heteroatoms. The molecule has 0 spiro atoms. The summed E-state index contributed by atoms with van der Waals surface area (Å²) < 4.78 is 39.7. The van der Waals surface area contributed by atoms with Crippen LogP contribution in [-0.4, -0.2) is 28.5 Å². The fourth-order valence-corrected chi connectivity index (χ4v) is 4.33. The summed E-state index contributed by atoms with van der Waals surface area (Å²) in [5.41, 5.74) is 1.23. The summed E-state index contributed by atoms with van der Waals surface area (Å²) in [7, 11) is 0. The van der Waals surface area contributed by atoms with Crippen molar-refractivity contribution >= 4 is 17.5 Å². The van der Waals surface area contributed by atoms with Gasteiger partial charge in [0.05, 0.1) is 16.6 Å². The smallest absolute Gasteiger partial charge is 0.342 e. The number of halogens is 4. The highest BCUT2D eigenvalue weighted by Gasteiger charge is 2.36. The summed E-state index contributed by atoms with van der Waals surface area (Å²) in [5.74, 6) is -0.750. The van der Waals surface area contributed by atoms with Crippen molar-refractivity contribution in [2.75, 3.05) is 6.54 Å². The Morgan fingerprint density at radius 3 is 2.52 bits per heavy atom. The molecular formula is C24H22ClF3N4O. The highest BCUT2D eigenvalue weighted by Crippen LogP contribution is 2.36. The second-order valence-corrected chi connectivity index (χ2v) is 8.27. The number of alkyl halides is 3. The molecule has 1 fully saturated rings. The highest BCUT2D eigenvalue weighted by atomic mass is 35.5. The quantitative estimate of drug-likeness (QED) is 0.517. The molecule has 0 aliphatic carbocycles. The van der Waals surface area contributed by atoms with Crippen LogP contribution in [0, 0.1) is 0 Å². The molecule has 0 bridgehead atoms. The number of carbonyl (C=O) groups excluding carboxylic acids is 1. The second-order valence-electron chi connectivity index (χ2n) is 7.89. The van der Waals surface area contributed by atoms with Crippen molar-refractivity contribution in [1.29, 1.82) is 0 Å². The number of carbonyl (C=O) groups is 1. The zero-order chi connectivity index (χ0) is 23.4. The minimum atomic E-state index is -4.68. The van der Waals surface area contributed by atoms with Crippen LogP contribution < -0.4 is 10.6 Å². The van der Waals surface area contributed by atoms with Crippen molar-refractivity contribution < 1.29 is 18.0 Å². The summed E-state index contributed by atoms with van der Waals surface area (Å²) in [6, 6.07) is 11.7. The second kappa shape index (κ2) is 9.89. The summed E-state index contributed by atoms with van der Waals surface area (Å²) in [6.07, 6.45) is 2.56. The van der Waals surface area contributed by atoms with Gasteiger partial charge in [0.2, 0.25) is 0 Å². The number of amides is 1. The monoisotopic (exact) mass is 474 g/mol. The third kappa shape index (κ3) is 5.34. The van der Waals surface area contributed by atoms with Gasteiger partial charge in [0.1, 0.15) is 5.69 Å². The minimum absolute atomic E-state index is 0.0727. The van der Waals surface area contributed by atoms with Gasteiger partial charge in [0.25, 0.3) is 5.91 Å². The van der Waals surface area contributed by atoms with Gasteiger partial charge in [-0.05, 0) is 48.2 Å². The molecule has 0 radical (unpaired) electrons. The number of nitrogens with zero attached hydrogens (tertiary/aromatic N) is 2. The van der Waals surface area contributed by atoms with Gasteiger partial charge in [-0.15, -0.1) is 0 Å². The number of nitrogens with one attached hydrogen (secondary N) is 2. The maximum absolute atomic E-state index is 13.2. The summed E-state index contributed by atoms with van der Waals surface area (Å²) >= 11 is 5.93. The molecule has 1 unspecified atom stereocenters. The van der Waals surface area contributed by atoms with Crippen LogP contribution in [0.25, 0.3) is 11.1 Å². The summed E-state index contributed by atoms with van der Waals surface area (Å²) in [4.78, 5) is 21.0. The van der Waals surface area contributed by atoms with Gasteiger partial charge in [-0.1, -0.05) is 48.4 Å². The lowest BCUT2D eigenvalue weighted by Gasteiger charge is -2.32. The molecule has 1 aliphatic rings. The van der Waals surface area contributed by atoms with Crippen LogP contribution in [0.3, 0.4) is 0 Å². The van der Waals surface area contributed by atoms with Crippen LogP contribution in [0.15, 0.2) is 61.1 Å². The van der Waals surface area contributed by atoms with Crippen molar-refractivity contribution in [1.82, 2.24) is 20.6 Å². The molecule has 3 aromatic rings. The molecule has 5 nitrogen and oxygen atoms in total. The Kier molecular flexibility index (Phi) is 6.95. The van der Waals surface area contributed by atoms with Gasteiger partial charge in [-0.2, -0.15) is 13.2 Å². The Hall–Kier alpha value is -2.97. The van der Waals surface area contributed by atoms with Gasteiger partial charge >= 0.3 is 6.18 Å². The number of pyridine rings is 2. The number of benzene rings is 1. The number of hydrogen-bond donors (Lipinski definition) is 2. The van der Waals surface area contributed by atoms with Crippen LogP contribution in [-0.2, 0) is 6.18 Å². The zero-order valence-electron chi connectivity index (χ0n) is 17.6. The fourth-order valence-electron chi connectivity index (χ4n) is 4.03. The molecule has 1 aromatic carbocycles. The van der Waals surface area contributed by atoms with Crippen LogP contribution in [0.4, 0.5) is 13.2 Å². The molecule has 0 saturated carbocycles. The Morgan fingerprint density at radius 2 is 1.88 bits per heavy atom. The van der Waals surface area contributed by atoms with E-state index in [2.05, 4.69) is 20.6 Å². The molecule has 2 atom stereocenters. The predicted molar refractivity (Wildman–Crippen MR) is 120 cm³/mol. The molecule has 1 saturated heterocycles. The van der Waals surface area contributed by atoms with Crippen LogP contribution >= 0.6 is 11.6 Å². The first-order valence-electron chi connectivity index (χ1n) is 10.6. The Morgan fingerprint density at radius 1 is 1.09 bits per heavy atom. The van der Waals surface area contributed by atoms with Crippen molar-refractivity contribution in [3.63, 3.8) is 0 Å². The molecule has 33 heavy (non-hydrogen) atoms. The topological polar surface area (TPSA) is 66.9 Å². The lowest BCUT2D eigenvalue weighted by Crippen LogP contribution is -2.46. The van der Waals surface area contributed by atoms with E-state index in [1.165, 1.54) is 0 Å². The molecule has 2 N–H and O–H groups in total. The summed E-state index contributed by atoms with van der Waals surface area (Å²) in [5, 5.41) is 5.58. The van der Waals surface area contributed by atoms with Crippen LogP contribution in [0.1, 0.15) is 46.9 Å². The van der Waals surface area contributed by atoms with E-state index in [9.17, 15) is 18.0 Å². The molecule has 172 valence electrons. The van der Waals surface area contributed by atoms with Crippen molar-refractivity contribution in [2.45, 2.75) is 37.5 Å². The number of piperidine rings is 1. The lowest BCUT2D eigenvalue weighted by atomic mass is 9.91.